The van der Waals surface area contributed by atoms with Crippen LogP contribution in [0.3, 0.4) is 0 Å². The summed E-state index contributed by atoms with van der Waals surface area (Å²) in [5.74, 6) is 1.07. The van der Waals surface area contributed by atoms with Gasteiger partial charge in [0.05, 0.1) is 12.7 Å². The molecule has 0 aliphatic carbocycles. The van der Waals surface area contributed by atoms with Gasteiger partial charge in [0.1, 0.15) is 12.3 Å². The Balaban J connectivity index is 1.53. The molecule has 0 radical (unpaired) electrons. The first kappa shape index (κ1) is 19.1. The lowest BCUT2D eigenvalue weighted by molar-refractivity contribution is -0.116. The molecule has 1 amide bonds. The van der Waals surface area contributed by atoms with Crippen LogP contribution in [0.2, 0.25) is 0 Å². The predicted molar refractivity (Wildman–Crippen MR) is 111 cm³/mol. The number of anilines is 1. The van der Waals surface area contributed by atoms with Crippen molar-refractivity contribution in [3.63, 3.8) is 0 Å². The number of nitrogens with zero attached hydrogens (tertiary/aromatic N) is 3. The zero-order chi connectivity index (χ0) is 20.9. The van der Waals surface area contributed by atoms with Crippen molar-refractivity contribution in [2.75, 3.05) is 12.4 Å². The first-order valence-electron chi connectivity index (χ1n) is 9.16. The normalized spacial score (nSPS) is 10.6. The third kappa shape index (κ3) is 4.27. The molecule has 2 aromatic heterocycles. The summed E-state index contributed by atoms with van der Waals surface area (Å²) < 4.78 is 11.8. The maximum atomic E-state index is 12.3. The molecule has 0 atom stereocenters. The van der Waals surface area contributed by atoms with Crippen LogP contribution in [0.4, 0.5) is 5.69 Å². The van der Waals surface area contributed by atoms with Gasteiger partial charge in [-0.15, -0.1) is 0 Å². The van der Waals surface area contributed by atoms with Gasteiger partial charge in [-0.3, -0.25) is 9.59 Å². The van der Waals surface area contributed by atoms with E-state index in [0.29, 0.717) is 17.1 Å². The highest BCUT2D eigenvalue weighted by Gasteiger charge is 2.13. The van der Waals surface area contributed by atoms with Gasteiger partial charge in [-0.05, 0) is 42.5 Å². The van der Waals surface area contributed by atoms with Gasteiger partial charge in [0.25, 0.3) is 11.4 Å². The molecule has 1 N–H and O–H groups in total. The van der Waals surface area contributed by atoms with Gasteiger partial charge >= 0.3 is 0 Å². The Morgan fingerprint density at radius 2 is 1.77 bits per heavy atom. The zero-order valence-electron chi connectivity index (χ0n) is 16.1. The fraction of sp³-hybridized carbons (Fsp3) is 0.0909. The average molecular weight is 402 g/mol. The van der Waals surface area contributed by atoms with Crippen molar-refractivity contribution in [2.45, 2.75) is 6.54 Å². The molecule has 0 unspecified atom stereocenters. The first-order valence-corrected chi connectivity index (χ1v) is 9.16. The lowest BCUT2D eigenvalue weighted by atomic mass is 10.2. The number of nitrogens with one attached hydrogen (secondary N) is 1. The minimum absolute atomic E-state index is 0.138. The quantitative estimate of drug-likeness (QED) is 0.532. The maximum Gasteiger partial charge on any atom is 0.259 e. The first-order chi connectivity index (χ1) is 14.6. The van der Waals surface area contributed by atoms with Gasteiger partial charge in [0.2, 0.25) is 11.7 Å². The van der Waals surface area contributed by atoms with E-state index in [-0.39, 0.29) is 23.9 Å². The number of rotatable bonds is 6. The molecule has 4 rings (SSSR count). The molecule has 4 aromatic rings. The van der Waals surface area contributed by atoms with Crippen molar-refractivity contribution in [1.82, 2.24) is 14.7 Å². The number of carbonyl (C=O) groups is 1. The summed E-state index contributed by atoms with van der Waals surface area (Å²) in [7, 11) is 1.59. The number of amides is 1. The van der Waals surface area contributed by atoms with Gasteiger partial charge in [0, 0.05) is 23.5 Å². The second kappa shape index (κ2) is 8.44. The Morgan fingerprint density at radius 3 is 2.50 bits per heavy atom. The van der Waals surface area contributed by atoms with E-state index >= 15 is 0 Å². The Labute approximate surface area is 171 Å². The summed E-state index contributed by atoms with van der Waals surface area (Å²) in [5, 5.41) is 6.75. The molecule has 0 aliphatic rings. The van der Waals surface area contributed by atoms with Crippen LogP contribution in [-0.4, -0.2) is 27.7 Å². The van der Waals surface area contributed by atoms with Gasteiger partial charge < -0.3 is 19.1 Å². The number of carbonyl (C=O) groups excluding carboxylic acids is 1. The van der Waals surface area contributed by atoms with Crippen LogP contribution in [0.25, 0.3) is 22.8 Å². The van der Waals surface area contributed by atoms with Gasteiger partial charge in [-0.1, -0.05) is 23.4 Å². The molecule has 8 nitrogen and oxygen atoms in total. The lowest BCUT2D eigenvalue weighted by Crippen LogP contribution is -2.26. The summed E-state index contributed by atoms with van der Waals surface area (Å²) in [4.78, 5) is 28.9. The van der Waals surface area contributed by atoms with Crippen molar-refractivity contribution in [3.8, 4) is 28.6 Å². The molecule has 0 spiro atoms. The molecule has 30 heavy (non-hydrogen) atoms. The van der Waals surface area contributed by atoms with Gasteiger partial charge in [-0.25, -0.2) is 0 Å². The highest BCUT2D eigenvalue weighted by molar-refractivity contribution is 5.90. The van der Waals surface area contributed by atoms with Crippen LogP contribution in [0.5, 0.6) is 5.75 Å². The topological polar surface area (TPSA) is 99.3 Å². The van der Waals surface area contributed by atoms with E-state index in [1.165, 1.54) is 16.8 Å². The van der Waals surface area contributed by atoms with Crippen molar-refractivity contribution >= 4 is 11.6 Å². The largest absolute Gasteiger partial charge is 0.497 e. The molecule has 0 fully saturated rings. The fourth-order valence-corrected chi connectivity index (χ4v) is 2.86. The molecule has 0 saturated heterocycles. The molecule has 0 saturated carbocycles. The van der Waals surface area contributed by atoms with Crippen molar-refractivity contribution in [2.24, 2.45) is 0 Å². The molecular formula is C22H18N4O4. The second-order valence-corrected chi connectivity index (χ2v) is 6.45. The standard InChI is InChI=1S/C22H18N4O4/c1-29-18-10-7-15(8-11-18)21-24-22(30-25-21)16-9-12-20(28)26(13-16)14-19(27)23-17-5-3-2-4-6-17/h2-13H,14H2,1H3,(H,23,27). The third-order valence-corrected chi connectivity index (χ3v) is 4.38. The fourth-order valence-electron chi connectivity index (χ4n) is 2.86. The van der Waals surface area contributed by atoms with Gasteiger partial charge in [-0.2, -0.15) is 4.98 Å². The molecule has 2 aromatic carbocycles. The van der Waals surface area contributed by atoms with Crippen LogP contribution in [-0.2, 0) is 11.3 Å². The van der Waals surface area contributed by atoms with Crippen LogP contribution in [0, 0.1) is 0 Å². The summed E-state index contributed by atoms with van der Waals surface area (Å²) >= 11 is 0. The number of hydrogen-bond donors (Lipinski definition) is 1. The van der Waals surface area contributed by atoms with Crippen LogP contribution in [0.1, 0.15) is 0 Å². The van der Waals surface area contributed by atoms with Gasteiger partial charge in [0.15, 0.2) is 0 Å². The van der Waals surface area contributed by atoms with Crippen LogP contribution < -0.4 is 15.6 Å². The minimum atomic E-state index is -0.315. The number of benzene rings is 2. The predicted octanol–water partition coefficient (Wildman–Crippen LogP) is 3.21. The van der Waals surface area contributed by atoms with Crippen molar-refractivity contribution in [1.29, 1.82) is 0 Å². The number of methoxy groups -OCH3 is 1. The second-order valence-electron chi connectivity index (χ2n) is 6.45. The van der Waals surface area contributed by atoms with Crippen molar-refractivity contribution in [3.05, 3.63) is 83.3 Å². The average Bonchev–Trinajstić information content (AvgIpc) is 3.26. The van der Waals surface area contributed by atoms with E-state index in [0.717, 1.165) is 11.3 Å². The summed E-state index contributed by atoms with van der Waals surface area (Å²) in [6.07, 6.45) is 1.53. The summed E-state index contributed by atoms with van der Waals surface area (Å²) in [6.45, 7) is -0.138. The monoisotopic (exact) mass is 402 g/mol. The smallest absolute Gasteiger partial charge is 0.259 e. The Kier molecular flexibility index (Phi) is 5.38. The number of hydrogen-bond acceptors (Lipinski definition) is 6. The molecule has 8 heteroatoms. The van der Waals surface area contributed by atoms with Crippen molar-refractivity contribution < 1.29 is 14.1 Å². The van der Waals surface area contributed by atoms with E-state index in [1.54, 1.807) is 37.4 Å². The Bertz CT molecular complexity index is 1210. The third-order valence-electron chi connectivity index (χ3n) is 4.38. The molecular weight excluding hydrogens is 384 g/mol. The summed E-state index contributed by atoms with van der Waals surface area (Å²) in [6, 6.07) is 19.2. The number of para-hydroxylation sites is 1. The highest BCUT2D eigenvalue weighted by atomic mass is 16.5. The molecule has 150 valence electrons. The van der Waals surface area contributed by atoms with E-state index < -0.39 is 0 Å². The van der Waals surface area contributed by atoms with E-state index in [9.17, 15) is 9.59 Å². The number of aromatic nitrogens is 3. The minimum Gasteiger partial charge on any atom is -0.497 e. The molecule has 2 heterocycles. The number of pyridine rings is 1. The van der Waals surface area contributed by atoms with Crippen LogP contribution >= 0.6 is 0 Å². The zero-order valence-corrected chi connectivity index (χ0v) is 16.1. The Morgan fingerprint density at radius 1 is 1.03 bits per heavy atom. The number of ether oxygens (including phenoxy) is 1. The SMILES string of the molecule is COc1ccc(-c2noc(-c3ccc(=O)n(CC(=O)Nc4ccccc4)c3)n2)cc1. The molecule has 0 aliphatic heterocycles. The maximum absolute atomic E-state index is 12.3. The van der Waals surface area contributed by atoms with E-state index in [1.807, 2.05) is 30.3 Å². The van der Waals surface area contributed by atoms with E-state index in [4.69, 9.17) is 9.26 Å². The lowest BCUT2D eigenvalue weighted by Gasteiger charge is -2.08. The summed E-state index contributed by atoms with van der Waals surface area (Å²) in [5.41, 5.74) is 1.65. The van der Waals surface area contributed by atoms with E-state index in [2.05, 4.69) is 15.5 Å². The molecule has 0 bridgehead atoms. The van der Waals surface area contributed by atoms with Crippen LogP contribution in [0.15, 0.2) is 82.2 Å². The highest BCUT2D eigenvalue weighted by Crippen LogP contribution is 2.23. The Hall–Kier alpha value is -4.20.